The molecule has 0 saturated carbocycles. The zero-order valence-corrected chi connectivity index (χ0v) is 19.9. The summed E-state index contributed by atoms with van der Waals surface area (Å²) in [6, 6.07) is 14.9. The Bertz CT molecular complexity index is 1100. The molecule has 4 rings (SSSR count). The number of carbonyl (C=O) groups excluding carboxylic acids is 2. The number of hydrogen-bond acceptors (Lipinski definition) is 3. The van der Waals surface area contributed by atoms with E-state index < -0.39 is 0 Å². The number of carbonyl (C=O) groups is 2. The molecule has 6 nitrogen and oxygen atoms in total. The number of benzene rings is 2. The minimum absolute atomic E-state index is 0.0796. The first-order valence-electron chi connectivity index (χ1n) is 11.8. The number of hydrogen-bond donors (Lipinski definition) is 1. The van der Waals surface area contributed by atoms with Crippen molar-refractivity contribution in [3.05, 3.63) is 64.9 Å². The van der Waals surface area contributed by atoms with Crippen LogP contribution >= 0.6 is 11.6 Å². The van der Waals surface area contributed by atoms with Crippen LogP contribution in [-0.4, -0.2) is 39.4 Å². The third-order valence-electron chi connectivity index (χ3n) is 6.23. The normalized spacial score (nSPS) is 15.3. The molecule has 2 amide bonds. The smallest absolute Gasteiger partial charge is 0.224 e. The molecule has 1 unspecified atom stereocenters. The van der Waals surface area contributed by atoms with Gasteiger partial charge in [0.15, 0.2) is 0 Å². The summed E-state index contributed by atoms with van der Waals surface area (Å²) in [5, 5.41) is 3.72. The Labute approximate surface area is 199 Å². The van der Waals surface area contributed by atoms with Crippen LogP contribution in [0.4, 0.5) is 0 Å². The van der Waals surface area contributed by atoms with Crippen molar-refractivity contribution in [1.82, 2.24) is 19.8 Å². The number of nitrogens with one attached hydrogen (secondary N) is 1. The van der Waals surface area contributed by atoms with Crippen LogP contribution < -0.4 is 5.32 Å². The van der Waals surface area contributed by atoms with E-state index in [1.54, 1.807) is 12.1 Å². The fourth-order valence-electron chi connectivity index (χ4n) is 4.49. The molecule has 7 heteroatoms. The largest absolute Gasteiger partial charge is 0.346 e. The van der Waals surface area contributed by atoms with E-state index in [-0.39, 0.29) is 24.3 Å². The molecule has 0 radical (unpaired) electrons. The molecular weight excluding hydrogens is 436 g/mol. The molecule has 1 aliphatic rings. The van der Waals surface area contributed by atoms with Crippen LogP contribution in [0.1, 0.15) is 56.5 Å². The molecule has 1 fully saturated rings. The van der Waals surface area contributed by atoms with Gasteiger partial charge < -0.3 is 14.8 Å². The molecule has 1 saturated heterocycles. The third kappa shape index (κ3) is 5.93. The monoisotopic (exact) mass is 466 g/mol. The highest BCUT2D eigenvalue weighted by atomic mass is 35.5. The summed E-state index contributed by atoms with van der Waals surface area (Å²) in [4.78, 5) is 32.4. The Morgan fingerprint density at radius 2 is 1.73 bits per heavy atom. The second-order valence-corrected chi connectivity index (χ2v) is 9.18. The zero-order chi connectivity index (χ0) is 23.2. The van der Waals surface area contributed by atoms with E-state index in [0.29, 0.717) is 18.0 Å². The van der Waals surface area contributed by atoms with Crippen molar-refractivity contribution >= 4 is 34.4 Å². The van der Waals surface area contributed by atoms with Crippen molar-refractivity contribution in [2.45, 2.75) is 58.0 Å². The molecule has 33 heavy (non-hydrogen) atoms. The van der Waals surface area contributed by atoms with Crippen molar-refractivity contribution in [3.8, 4) is 0 Å². The maximum Gasteiger partial charge on any atom is 0.224 e. The Balaban J connectivity index is 1.47. The molecule has 2 heterocycles. The first-order valence-corrected chi connectivity index (χ1v) is 12.2. The molecule has 3 aromatic rings. The summed E-state index contributed by atoms with van der Waals surface area (Å²) in [5.41, 5.74) is 2.75. The first-order chi connectivity index (χ1) is 16.0. The lowest BCUT2D eigenvalue weighted by Crippen LogP contribution is -2.33. The fraction of sp³-hybridized carbons (Fsp3) is 0.423. The number of amides is 2. The second-order valence-electron chi connectivity index (χ2n) is 8.75. The lowest BCUT2D eigenvalue weighted by molar-refractivity contribution is -0.131. The topological polar surface area (TPSA) is 67.2 Å². The number of aryl methyl sites for hydroxylation is 1. The Morgan fingerprint density at radius 3 is 2.45 bits per heavy atom. The third-order valence-corrected chi connectivity index (χ3v) is 6.49. The van der Waals surface area contributed by atoms with Crippen LogP contribution in [-0.2, 0) is 22.6 Å². The van der Waals surface area contributed by atoms with Gasteiger partial charge >= 0.3 is 0 Å². The van der Waals surface area contributed by atoms with E-state index in [4.69, 9.17) is 16.6 Å². The van der Waals surface area contributed by atoms with Crippen molar-refractivity contribution in [2.24, 2.45) is 0 Å². The first kappa shape index (κ1) is 23.3. The highest BCUT2D eigenvalue weighted by molar-refractivity contribution is 6.30. The molecular formula is C26H31ClN4O2. The van der Waals surface area contributed by atoms with Gasteiger partial charge in [-0.05, 0) is 49.6 Å². The number of aromatic nitrogens is 2. The highest BCUT2D eigenvalue weighted by Gasteiger charge is 2.21. The van der Waals surface area contributed by atoms with Gasteiger partial charge in [-0.3, -0.25) is 9.59 Å². The number of fused-ring (bicyclic) bond motifs is 1. The predicted molar refractivity (Wildman–Crippen MR) is 131 cm³/mol. The van der Waals surface area contributed by atoms with Crippen molar-refractivity contribution in [2.75, 3.05) is 13.1 Å². The van der Waals surface area contributed by atoms with Gasteiger partial charge in [0.2, 0.25) is 11.8 Å². The fourth-order valence-corrected chi connectivity index (χ4v) is 4.62. The van der Waals surface area contributed by atoms with Crippen LogP contribution in [0.15, 0.2) is 48.5 Å². The van der Waals surface area contributed by atoms with Gasteiger partial charge in [0.05, 0.1) is 23.5 Å². The average molecular weight is 467 g/mol. The summed E-state index contributed by atoms with van der Waals surface area (Å²) in [6.07, 6.45) is 5.28. The molecule has 1 atom stereocenters. The molecule has 2 aromatic carbocycles. The van der Waals surface area contributed by atoms with E-state index in [1.807, 2.05) is 48.2 Å². The molecule has 1 N–H and O–H groups in total. The van der Waals surface area contributed by atoms with Crippen molar-refractivity contribution < 1.29 is 9.59 Å². The van der Waals surface area contributed by atoms with E-state index in [0.717, 1.165) is 48.4 Å². The zero-order valence-electron chi connectivity index (χ0n) is 19.1. The van der Waals surface area contributed by atoms with Gasteiger partial charge in [-0.15, -0.1) is 0 Å². The number of rotatable bonds is 7. The summed E-state index contributed by atoms with van der Waals surface area (Å²) in [6.45, 7) is 4.19. The van der Waals surface area contributed by atoms with Gasteiger partial charge in [0.25, 0.3) is 0 Å². The number of nitrogens with zero attached hydrogens (tertiary/aromatic N) is 3. The number of halogens is 1. The lowest BCUT2D eigenvalue weighted by atomic mass is 10.1. The Kier molecular flexibility index (Phi) is 7.65. The molecule has 0 bridgehead atoms. The minimum Gasteiger partial charge on any atom is -0.346 e. The van der Waals surface area contributed by atoms with Crippen LogP contribution in [0, 0.1) is 0 Å². The van der Waals surface area contributed by atoms with E-state index >= 15 is 0 Å². The van der Waals surface area contributed by atoms with E-state index in [2.05, 4.69) is 9.88 Å². The quantitative estimate of drug-likeness (QED) is 0.538. The number of para-hydroxylation sites is 2. The van der Waals surface area contributed by atoms with Gasteiger partial charge in [0.1, 0.15) is 5.82 Å². The summed E-state index contributed by atoms with van der Waals surface area (Å²) in [7, 11) is 0. The van der Waals surface area contributed by atoms with Crippen molar-refractivity contribution in [3.63, 3.8) is 0 Å². The summed E-state index contributed by atoms with van der Waals surface area (Å²) < 4.78 is 2.08. The van der Waals surface area contributed by atoms with E-state index in [1.165, 1.54) is 12.8 Å². The molecule has 1 aromatic heterocycles. The average Bonchev–Trinajstić information content (AvgIpc) is 2.97. The van der Waals surface area contributed by atoms with Gasteiger partial charge in [-0.25, -0.2) is 4.98 Å². The van der Waals surface area contributed by atoms with Gasteiger partial charge in [-0.1, -0.05) is 48.7 Å². The maximum absolute atomic E-state index is 12.9. The van der Waals surface area contributed by atoms with Crippen LogP contribution in [0.3, 0.4) is 0 Å². The SMILES string of the molecule is CC(NC(=O)Cc1ccc(Cl)cc1)c1nc2ccccc2n1CCC(=O)N1CCCCCC1. The lowest BCUT2D eigenvalue weighted by Gasteiger charge is -2.21. The van der Waals surface area contributed by atoms with Crippen molar-refractivity contribution in [1.29, 1.82) is 0 Å². The van der Waals surface area contributed by atoms with Gasteiger partial charge in [0, 0.05) is 31.1 Å². The van der Waals surface area contributed by atoms with Crippen LogP contribution in [0.25, 0.3) is 11.0 Å². The maximum atomic E-state index is 12.9. The molecule has 174 valence electrons. The molecule has 1 aliphatic heterocycles. The van der Waals surface area contributed by atoms with Gasteiger partial charge in [-0.2, -0.15) is 0 Å². The standard InChI is InChI=1S/C26H31ClN4O2/c1-19(28-24(32)18-20-10-12-21(27)13-11-20)26-29-22-8-4-5-9-23(22)31(26)17-14-25(33)30-15-6-2-3-7-16-30/h4-5,8-13,19H,2-3,6-7,14-18H2,1H3,(H,28,32). The molecule has 0 spiro atoms. The second kappa shape index (κ2) is 10.8. The van der Waals surface area contributed by atoms with Crippen LogP contribution in [0.5, 0.6) is 0 Å². The van der Waals surface area contributed by atoms with E-state index in [9.17, 15) is 9.59 Å². The number of likely N-dealkylation sites (tertiary alicyclic amines) is 1. The van der Waals surface area contributed by atoms with Crippen LogP contribution in [0.2, 0.25) is 5.02 Å². The minimum atomic E-state index is -0.287. The summed E-state index contributed by atoms with van der Waals surface area (Å²) in [5.74, 6) is 0.883. The summed E-state index contributed by atoms with van der Waals surface area (Å²) >= 11 is 5.94. The Hall–Kier alpha value is -2.86. The predicted octanol–water partition coefficient (Wildman–Crippen LogP) is 4.90. The molecule has 0 aliphatic carbocycles. The highest BCUT2D eigenvalue weighted by Crippen LogP contribution is 2.22. The number of imidazole rings is 1. The Morgan fingerprint density at radius 1 is 1.03 bits per heavy atom.